The monoisotopic (exact) mass is 566 g/mol. The summed E-state index contributed by atoms with van der Waals surface area (Å²) in [5.74, 6) is 0. The molecule has 196 valence electrons. The van der Waals surface area contributed by atoms with Crippen molar-refractivity contribution in [3.05, 3.63) is 132 Å². The third-order valence-corrected chi connectivity index (χ3v) is 7.42. The molecule has 0 aliphatic carbocycles. The van der Waals surface area contributed by atoms with Gasteiger partial charge in [-0.3, -0.25) is 19.9 Å². The van der Waals surface area contributed by atoms with Crippen molar-refractivity contribution in [2.24, 2.45) is 0 Å². The average Bonchev–Trinajstić information content (AvgIpc) is 3.62. The fourth-order valence-electron chi connectivity index (χ4n) is 4.56. The molecule has 0 fully saturated rings. The summed E-state index contributed by atoms with van der Waals surface area (Å²) in [6, 6.07) is 22.9. The van der Waals surface area contributed by atoms with Crippen molar-refractivity contribution in [2.75, 3.05) is 0 Å². The van der Waals surface area contributed by atoms with Crippen molar-refractivity contribution in [1.29, 1.82) is 0 Å². The first-order chi connectivity index (χ1) is 17.4. The SMILES string of the molecule is CC(C)(C)[c-]1c(-c2ccccc2)cc(CP)c1C(P)(c1cnccn1)c1cnccn1.[Fe].[cH-]1[cH-][cH-][cH-][cH-]1. The summed E-state index contributed by atoms with van der Waals surface area (Å²) in [4.78, 5) is 18.2. The van der Waals surface area contributed by atoms with E-state index >= 15 is 0 Å². The van der Waals surface area contributed by atoms with E-state index < -0.39 is 5.16 Å². The summed E-state index contributed by atoms with van der Waals surface area (Å²) in [6.07, 6.45) is 11.4. The summed E-state index contributed by atoms with van der Waals surface area (Å²) in [5.41, 5.74) is 7.77. The molecule has 0 spiro atoms. The van der Waals surface area contributed by atoms with Gasteiger partial charge in [0.15, 0.2) is 0 Å². The van der Waals surface area contributed by atoms with Gasteiger partial charge in [0.05, 0.1) is 16.5 Å². The van der Waals surface area contributed by atoms with E-state index in [1.54, 1.807) is 24.8 Å². The number of aromatic nitrogens is 4. The van der Waals surface area contributed by atoms with Gasteiger partial charge < -0.3 is 30.3 Å². The normalized spacial score (nSPS) is 11.3. The number of hydrogen-bond acceptors (Lipinski definition) is 4. The molecular formula is C30H32FeN4P2-6. The molecule has 0 aliphatic heterocycles. The van der Waals surface area contributed by atoms with E-state index in [9.17, 15) is 0 Å². The molecule has 0 radical (unpaired) electrons. The molecule has 0 N–H and O–H groups in total. The molecule has 7 heteroatoms. The topological polar surface area (TPSA) is 51.6 Å². The van der Waals surface area contributed by atoms with Gasteiger partial charge in [0.25, 0.3) is 0 Å². The molecule has 5 aromatic rings. The first-order valence-electron chi connectivity index (χ1n) is 11.9. The molecule has 0 aliphatic rings. The number of nitrogens with zero attached hydrogens (tertiary/aromatic N) is 4. The summed E-state index contributed by atoms with van der Waals surface area (Å²) in [7, 11) is 5.94. The average molecular weight is 566 g/mol. The maximum absolute atomic E-state index is 4.73. The Morgan fingerprint density at radius 3 is 1.73 bits per heavy atom. The Hall–Kier alpha value is -2.54. The zero-order valence-corrected chi connectivity index (χ0v) is 24.7. The number of rotatable bonds is 5. The van der Waals surface area contributed by atoms with Crippen molar-refractivity contribution in [3.8, 4) is 11.1 Å². The molecule has 2 unspecified atom stereocenters. The fraction of sp³-hybridized carbons (Fsp3) is 0.200. The number of benzene rings is 1. The van der Waals surface area contributed by atoms with Gasteiger partial charge in [-0.05, 0) is 5.41 Å². The van der Waals surface area contributed by atoms with Crippen molar-refractivity contribution >= 4 is 18.5 Å². The van der Waals surface area contributed by atoms with Crippen molar-refractivity contribution < 1.29 is 17.1 Å². The Bertz CT molecular complexity index is 1290. The van der Waals surface area contributed by atoms with Crippen LogP contribution in [0.2, 0.25) is 0 Å². The second kappa shape index (κ2) is 12.8. The molecule has 0 saturated carbocycles. The van der Waals surface area contributed by atoms with Gasteiger partial charge in [-0.25, -0.2) is 0 Å². The van der Waals surface area contributed by atoms with E-state index in [0.29, 0.717) is 0 Å². The second-order valence-electron chi connectivity index (χ2n) is 9.60. The van der Waals surface area contributed by atoms with E-state index in [4.69, 9.17) is 9.97 Å². The largest absolute Gasteiger partial charge is 0.748 e. The molecular weight excluding hydrogens is 534 g/mol. The molecule has 2 atom stereocenters. The van der Waals surface area contributed by atoms with Gasteiger partial charge in [0.2, 0.25) is 0 Å². The first-order valence-corrected chi connectivity index (χ1v) is 13.3. The predicted octanol–water partition coefficient (Wildman–Crippen LogP) is 6.90. The predicted molar refractivity (Wildman–Crippen MR) is 155 cm³/mol. The van der Waals surface area contributed by atoms with E-state index in [2.05, 4.69) is 85.6 Å². The minimum Gasteiger partial charge on any atom is -0.748 e. The quantitative estimate of drug-likeness (QED) is 0.132. The molecule has 2 heterocycles. The number of hydrogen-bond donors (Lipinski definition) is 0. The van der Waals surface area contributed by atoms with Crippen LogP contribution in [0.3, 0.4) is 0 Å². The third kappa shape index (κ3) is 6.31. The Morgan fingerprint density at radius 1 is 0.811 bits per heavy atom. The first kappa shape index (κ1) is 29.0. The Labute approximate surface area is 235 Å². The van der Waals surface area contributed by atoms with Gasteiger partial charge in [-0.15, -0.1) is 35.2 Å². The van der Waals surface area contributed by atoms with Crippen LogP contribution >= 0.6 is 18.5 Å². The van der Waals surface area contributed by atoms with Crippen LogP contribution in [0.25, 0.3) is 11.1 Å². The summed E-state index contributed by atoms with van der Waals surface area (Å²) in [5, 5.41) is -0.677. The Morgan fingerprint density at radius 2 is 1.32 bits per heavy atom. The van der Waals surface area contributed by atoms with Crippen LogP contribution in [-0.4, -0.2) is 19.9 Å². The molecule has 5 rings (SSSR count). The molecule has 0 bridgehead atoms. The van der Waals surface area contributed by atoms with E-state index in [0.717, 1.165) is 17.5 Å². The molecule has 0 amide bonds. The smallest absolute Gasteiger partial charge is 0.0797 e. The van der Waals surface area contributed by atoms with Crippen LogP contribution in [0.4, 0.5) is 0 Å². The van der Waals surface area contributed by atoms with Crippen LogP contribution < -0.4 is 0 Å². The van der Waals surface area contributed by atoms with Crippen molar-refractivity contribution in [3.63, 3.8) is 0 Å². The van der Waals surface area contributed by atoms with E-state index in [1.807, 2.05) is 42.7 Å². The van der Waals surface area contributed by atoms with Crippen molar-refractivity contribution in [1.82, 2.24) is 19.9 Å². The van der Waals surface area contributed by atoms with Crippen LogP contribution in [0.5, 0.6) is 0 Å². The summed E-state index contributed by atoms with van der Waals surface area (Å²) < 4.78 is 0. The van der Waals surface area contributed by atoms with Crippen molar-refractivity contribution in [2.45, 2.75) is 37.5 Å². The maximum Gasteiger partial charge on any atom is 0.0797 e. The van der Waals surface area contributed by atoms with Crippen LogP contribution in [0.15, 0.2) is 104 Å². The molecule has 4 nitrogen and oxygen atoms in total. The standard InChI is InChI=1S/C25H27N4P2.C5H5.Fe/c1-24(2,3)23-19(17-7-5-4-6-8-17)13-18(16-30)22(23)25(31,20-14-26-9-11-28-20)21-15-27-10-12-29-21;1-2-4-5-3-1;/h4-15H,16,30-31H2,1-3H3;1-5H;/q-1;-5;. The molecule has 0 saturated heterocycles. The van der Waals surface area contributed by atoms with E-state index in [1.165, 1.54) is 27.8 Å². The second-order valence-corrected chi connectivity index (χ2v) is 10.9. The minimum absolute atomic E-state index is 0. The maximum atomic E-state index is 4.73. The van der Waals surface area contributed by atoms with Gasteiger partial charge in [-0.2, -0.15) is 11.6 Å². The van der Waals surface area contributed by atoms with Crippen LogP contribution in [-0.2, 0) is 33.8 Å². The molecule has 3 aromatic carbocycles. The van der Waals surface area contributed by atoms with Gasteiger partial charge >= 0.3 is 0 Å². The van der Waals surface area contributed by atoms with Gasteiger partial charge in [0.1, 0.15) is 0 Å². The Balaban J connectivity index is 0.000000568. The van der Waals surface area contributed by atoms with Gasteiger partial charge in [-0.1, -0.05) is 62.8 Å². The zero-order valence-electron chi connectivity index (χ0n) is 21.3. The molecule has 37 heavy (non-hydrogen) atoms. The Kier molecular flexibility index (Phi) is 10.0. The van der Waals surface area contributed by atoms with E-state index in [-0.39, 0.29) is 22.5 Å². The molecule has 2 aromatic heterocycles. The van der Waals surface area contributed by atoms with Crippen LogP contribution in [0.1, 0.15) is 48.8 Å². The summed E-state index contributed by atoms with van der Waals surface area (Å²) >= 11 is 0. The summed E-state index contributed by atoms with van der Waals surface area (Å²) in [6.45, 7) is 6.80. The van der Waals surface area contributed by atoms with Crippen LogP contribution in [0, 0.1) is 0 Å². The third-order valence-electron chi connectivity index (χ3n) is 6.10. The minimum atomic E-state index is -0.677. The van der Waals surface area contributed by atoms with Gasteiger partial charge in [0, 0.05) is 54.2 Å². The zero-order chi connectivity index (χ0) is 25.6. The fourth-order valence-corrected chi connectivity index (χ4v) is 5.51.